The van der Waals surface area contributed by atoms with Crippen molar-refractivity contribution in [3.8, 4) is 16.9 Å². The number of carboxylic acids is 1. The van der Waals surface area contributed by atoms with Crippen LogP contribution in [0.1, 0.15) is 26.3 Å². The molecule has 8 N–H and O–H groups in total. The summed E-state index contributed by atoms with van der Waals surface area (Å²) >= 11 is 0. The van der Waals surface area contributed by atoms with Crippen LogP contribution in [0.3, 0.4) is 0 Å². The molecule has 0 aromatic heterocycles. The lowest BCUT2D eigenvalue weighted by molar-refractivity contribution is 0.0693. The van der Waals surface area contributed by atoms with Gasteiger partial charge in [0.1, 0.15) is 22.7 Å². The Bertz CT molecular complexity index is 2650. The summed E-state index contributed by atoms with van der Waals surface area (Å²) in [6, 6.07) is 31.5. The first-order valence-corrected chi connectivity index (χ1v) is 17.9. The van der Waals surface area contributed by atoms with Gasteiger partial charge in [0.05, 0.1) is 39.0 Å². The molecule has 16 nitrogen and oxygen atoms in total. The van der Waals surface area contributed by atoms with E-state index in [4.69, 9.17) is 16.0 Å². The topological polar surface area (TPSA) is 267 Å². The molecular formula is C39H31N9O7S. The summed E-state index contributed by atoms with van der Waals surface area (Å²) in [7, 11) is -4.35. The minimum absolute atomic E-state index is 0.165. The second-order valence-corrected chi connectivity index (χ2v) is 13.5. The first kappa shape index (κ1) is 38.1. The molecule has 6 aromatic rings. The highest BCUT2D eigenvalue weighted by atomic mass is 32.2. The van der Waals surface area contributed by atoms with Gasteiger partial charge in [-0.15, -0.1) is 10.2 Å². The third kappa shape index (κ3) is 9.11. The van der Waals surface area contributed by atoms with Gasteiger partial charge in [0, 0.05) is 11.3 Å². The molecule has 0 aliphatic carbocycles. The van der Waals surface area contributed by atoms with E-state index in [9.17, 15) is 28.2 Å². The molecule has 280 valence electrons. The molecule has 6 rings (SSSR count). The van der Waals surface area contributed by atoms with Crippen LogP contribution < -0.4 is 16.8 Å². The van der Waals surface area contributed by atoms with Crippen LogP contribution in [-0.2, 0) is 10.1 Å². The maximum absolute atomic E-state index is 12.7. The van der Waals surface area contributed by atoms with E-state index in [2.05, 4.69) is 36.0 Å². The van der Waals surface area contributed by atoms with E-state index in [1.165, 1.54) is 54.6 Å². The van der Waals surface area contributed by atoms with Crippen LogP contribution in [0.25, 0.3) is 11.1 Å². The fraction of sp³-hybridized carbons (Fsp3) is 0.0256. The molecule has 0 unspecified atom stereocenters. The van der Waals surface area contributed by atoms with Crippen LogP contribution in [0.15, 0.2) is 157 Å². The van der Waals surface area contributed by atoms with Gasteiger partial charge >= 0.3 is 5.97 Å². The van der Waals surface area contributed by atoms with Gasteiger partial charge in [-0.3, -0.25) is 9.35 Å². The summed E-state index contributed by atoms with van der Waals surface area (Å²) < 4.78 is 31.6. The average molecular weight is 770 g/mol. The quantitative estimate of drug-likeness (QED) is 0.0415. The van der Waals surface area contributed by atoms with Gasteiger partial charge < -0.3 is 27.0 Å². The van der Waals surface area contributed by atoms with Gasteiger partial charge in [0.15, 0.2) is 0 Å². The number of nitrogens with two attached hydrogens (primary N) is 2. The molecule has 6 aromatic carbocycles. The summed E-state index contributed by atoms with van der Waals surface area (Å²) in [4.78, 5) is 23.6. The zero-order valence-corrected chi connectivity index (χ0v) is 30.1. The largest absolute Gasteiger partial charge is 0.507 e. The highest BCUT2D eigenvalue weighted by molar-refractivity contribution is 7.85. The van der Waals surface area contributed by atoms with Crippen molar-refractivity contribution in [3.05, 3.63) is 138 Å². The first-order valence-electron chi connectivity index (χ1n) is 16.4. The zero-order valence-electron chi connectivity index (χ0n) is 29.3. The van der Waals surface area contributed by atoms with Crippen LogP contribution in [0, 0.1) is 6.92 Å². The Morgan fingerprint density at radius 1 is 0.625 bits per heavy atom. The predicted octanol–water partition coefficient (Wildman–Crippen LogP) is 9.98. The molecule has 0 saturated heterocycles. The van der Waals surface area contributed by atoms with Crippen molar-refractivity contribution < 1.29 is 32.8 Å². The molecule has 0 atom stereocenters. The van der Waals surface area contributed by atoms with Crippen molar-refractivity contribution in [2.24, 2.45) is 30.7 Å². The van der Waals surface area contributed by atoms with E-state index < -0.39 is 22.0 Å². The Balaban J connectivity index is 1.10. The van der Waals surface area contributed by atoms with Crippen LogP contribution in [-0.4, -0.2) is 35.1 Å². The number of rotatable bonds is 11. The van der Waals surface area contributed by atoms with Crippen molar-refractivity contribution in [3.63, 3.8) is 0 Å². The van der Waals surface area contributed by atoms with Crippen molar-refractivity contribution in [2.45, 2.75) is 11.8 Å². The summed E-state index contributed by atoms with van der Waals surface area (Å²) in [5.41, 5.74) is 18.4. The number of carbonyl (C=O) groups is 2. The third-order valence-corrected chi connectivity index (χ3v) is 9.07. The van der Waals surface area contributed by atoms with E-state index in [1.54, 1.807) is 49.4 Å². The number of aromatic carboxylic acids is 1. The number of carbonyl (C=O) groups excluding carboxylic acids is 1. The van der Waals surface area contributed by atoms with Crippen LogP contribution >= 0.6 is 0 Å². The Hall–Kier alpha value is -7.63. The van der Waals surface area contributed by atoms with E-state index >= 15 is 0 Å². The molecule has 17 heteroatoms. The van der Waals surface area contributed by atoms with Crippen molar-refractivity contribution >= 4 is 73.2 Å². The summed E-state index contributed by atoms with van der Waals surface area (Å²) in [5.74, 6) is -2.07. The molecular weight excluding hydrogens is 739 g/mol. The summed E-state index contributed by atoms with van der Waals surface area (Å²) in [5, 5.41) is 46.9. The lowest BCUT2D eigenvalue weighted by atomic mass is 10.1. The van der Waals surface area contributed by atoms with Crippen LogP contribution in [0.4, 0.5) is 51.2 Å². The number of hydrogen-bond donors (Lipinski definition) is 6. The number of phenols is 1. The highest BCUT2D eigenvalue weighted by Gasteiger charge is 2.14. The molecule has 0 fully saturated rings. The van der Waals surface area contributed by atoms with Gasteiger partial charge in [-0.2, -0.15) is 28.9 Å². The highest BCUT2D eigenvalue weighted by Crippen LogP contribution is 2.41. The normalized spacial score (nSPS) is 11.8. The molecule has 0 heterocycles. The number of carboxylic acid groups (broad SMARTS) is 1. The molecule has 0 radical (unpaired) electrons. The van der Waals surface area contributed by atoms with E-state index in [0.29, 0.717) is 45.3 Å². The second kappa shape index (κ2) is 16.2. The first-order chi connectivity index (χ1) is 26.7. The van der Waals surface area contributed by atoms with Crippen molar-refractivity contribution in [1.29, 1.82) is 0 Å². The monoisotopic (exact) mass is 769 g/mol. The number of azo groups is 3. The Labute approximate surface area is 319 Å². The minimum atomic E-state index is -4.35. The number of nitrogens with zero attached hydrogens (tertiary/aromatic N) is 6. The van der Waals surface area contributed by atoms with Gasteiger partial charge in [0.25, 0.3) is 16.0 Å². The molecule has 0 bridgehead atoms. The Kier molecular flexibility index (Phi) is 11.0. The fourth-order valence-electron chi connectivity index (χ4n) is 5.13. The van der Waals surface area contributed by atoms with Gasteiger partial charge in [-0.25, -0.2) is 4.79 Å². The number of benzene rings is 6. The summed E-state index contributed by atoms with van der Waals surface area (Å²) in [6.07, 6.45) is 0. The Morgan fingerprint density at radius 2 is 1.12 bits per heavy atom. The van der Waals surface area contributed by atoms with Crippen molar-refractivity contribution in [1.82, 2.24) is 0 Å². The number of aryl methyl sites for hydroxylation is 1. The van der Waals surface area contributed by atoms with Gasteiger partial charge in [0.2, 0.25) is 0 Å². The lowest BCUT2D eigenvalue weighted by Gasteiger charge is -2.09. The molecule has 0 aliphatic heterocycles. The number of aromatic hydroxyl groups is 1. The number of hydrogen-bond acceptors (Lipinski definition) is 13. The zero-order chi connectivity index (χ0) is 40.0. The predicted molar refractivity (Wildman–Crippen MR) is 210 cm³/mol. The summed E-state index contributed by atoms with van der Waals surface area (Å²) in [6.45, 7) is 1.78. The molecule has 56 heavy (non-hydrogen) atoms. The minimum Gasteiger partial charge on any atom is -0.507 e. The SMILES string of the molecule is Cc1cc(N=Nc2ccc(-c3ccc(N=Nc4ccc(O)c(C(=O)O)c4)cc3)cc2)c(N)c(N=Nc2ccc(C(=O)Nc3ccc(S(=O)(=O)O)cc3)cc2)c1N. The van der Waals surface area contributed by atoms with Gasteiger partial charge in [-0.05, 0) is 121 Å². The van der Waals surface area contributed by atoms with Crippen LogP contribution in [0.2, 0.25) is 0 Å². The van der Waals surface area contributed by atoms with E-state index in [1.807, 2.05) is 24.3 Å². The number of amides is 1. The average Bonchev–Trinajstić information content (AvgIpc) is 3.19. The van der Waals surface area contributed by atoms with E-state index in [0.717, 1.165) is 11.1 Å². The molecule has 0 spiro atoms. The standard InChI is InChI=1S/C39H31N9O7S/c1-22-20-33(36(41)37(35(22)40)48-45-29-12-6-25(7-13-29)38(50)42-26-14-17-31(18-15-26)56(53,54)55)47-44-28-10-4-24(5-11-28)23-2-8-27(9-3-23)43-46-30-16-19-34(49)32(21-30)39(51)52/h2-21,49H,40-41H2,1H3,(H,42,50)(H,51,52)(H,53,54,55). The number of anilines is 3. The van der Waals surface area contributed by atoms with Crippen LogP contribution in [0.5, 0.6) is 5.75 Å². The smallest absolute Gasteiger partial charge is 0.339 e. The Morgan fingerprint density at radius 3 is 1.68 bits per heavy atom. The van der Waals surface area contributed by atoms with Crippen molar-refractivity contribution in [2.75, 3.05) is 16.8 Å². The third-order valence-electron chi connectivity index (χ3n) is 8.20. The lowest BCUT2D eigenvalue weighted by Crippen LogP contribution is -2.11. The second-order valence-electron chi connectivity index (χ2n) is 12.1. The fourth-order valence-corrected chi connectivity index (χ4v) is 5.61. The number of nitrogens with one attached hydrogen (secondary N) is 1. The van der Waals surface area contributed by atoms with Gasteiger partial charge in [-0.1, -0.05) is 24.3 Å². The molecule has 0 aliphatic rings. The maximum Gasteiger partial charge on any atom is 0.339 e. The van der Waals surface area contributed by atoms with E-state index in [-0.39, 0.29) is 33.3 Å². The molecule has 1 amide bonds. The maximum atomic E-state index is 12.7. The number of nitrogen functional groups attached to an aromatic ring is 2. The molecule has 0 saturated carbocycles.